The number of methoxy groups -OCH3 is 1. The number of hydrogen-bond acceptors (Lipinski definition) is 4. The minimum Gasteiger partial charge on any atom is -0.508 e. The molecule has 4 nitrogen and oxygen atoms in total. The lowest BCUT2D eigenvalue weighted by molar-refractivity contribution is -0.137. The SMILES string of the molecule is CCC/C=C/CF.COC(C)=O.Cc1ccc(C2CCCO2)c(O)c1. The Morgan fingerprint density at radius 2 is 2.12 bits per heavy atom. The average Bonchev–Trinajstić information content (AvgIpc) is 3.11. The fourth-order valence-electron chi connectivity index (χ4n) is 2.10. The van der Waals surface area contributed by atoms with Crippen molar-refractivity contribution in [1.82, 2.24) is 0 Å². The quantitative estimate of drug-likeness (QED) is 0.608. The number of carbonyl (C=O) groups is 1. The van der Waals surface area contributed by atoms with Crippen LogP contribution in [0.2, 0.25) is 0 Å². The maximum absolute atomic E-state index is 11.2. The Bertz CT molecular complexity index is 508. The Morgan fingerprint density at radius 3 is 2.56 bits per heavy atom. The molecule has 0 radical (unpaired) electrons. The Morgan fingerprint density at radius 1 is 1.44 bits per heavy atom. The van der Waals surface area contributed by atoms with Crippen LogP contribution in [0.5, 0.6) is 5.75 Å². The first-order valence-corrected chi connectivity index (χ1v) is 8.62. The third kappa shape index (κ3) is 11.3. The van der Waals surface area contributed by atoms with Gasteiger partial charge in [0.2, 0.25) is 0 Å². The number of phenols is 1. The highest BCUT2D eigenvalue weighted by atomic mass is 19.1. The molecule has 1 aliphatic rings. The number of benzene rings is 1. The maximum atomic E-state index is 11.2. The molecule has 1 aliphatic heterocycles. The number of rotatable bonds is 4. The minimum absolute atomic E-state index is 0.112. The van der Waals surface area contributed by atoms with Gasteiger partial charge in [0.15, 0.2) is 0 Å². The van der Waals surface area contributed by atoms with Crippen LogP contribution in [0.3, 0.4) is 0 Å². The van der Waals surface area contributed by atoms with Gasteiger partial charge in [0.25, 0.3) is 0 Å². The lowest BCUT2D eigenvalue weighted by Crippen LogP contribution is -1.96. The molecule has 0 aliphatic carbocycles. The van der Waals surface area contributed by atoms with Crippen LogP contribution in [0, 0.1) is 6.92 Å². The summed E-state index contributed by atoms with van der Waals surface area (Å²) in [6, 6.07) is 5.76. The van der Waals surface area contributed by atoms with Crippen molar-refractivity contribution in [2.24, 2.45) is 0 Å². The number of aryl methyl sites for hydroxylation is 1. The number of hydrogen-bond donors (Lipinski definition) is 1. The Labute approximate surface area is 150 Å². The largest absolute Gasteiger partial charge is 0.508 e. The van der Waals surface area contributed by atoms with Gasteiger partial charge >= 0.3 is 5.97 Å². The van der Waals surface area contributed by atoms with E-state index in [2.05, 4.69) is 11.7 Å². The molecule has 25 heavy (non-hydrogen) atoms. The van der Waals surface area contributed by atoms with Crippen molar-refractivity contribution in [3.63, 3.8) is 0 Å². The number of ether oxygens (including phenoxy) is 2. The minimum atomic E-state index is -0.319. The number of phenolic OH excluding ortho intramolecular Hbond substituents is 1. The molecule has 0 bridgehead atoms. The molecule has 0 amide bonds. The van der Waals surface area contributed by atoms with Gasteiger partial charge in [-0.05, 0) is 37.8 Å². The van der Waals surface area contributed by atoms with Gasteiger partial charge in [-0.1, -0.05) is 37.6 Å². The van der Waals surface area contributed by atoms with Gasteiger partial charge in [-0.25, -0.2) is 4.39 Å². The van der Waals surface area contributed by atoms with Crippen LogP contribution >= 0.6 is 0 Å². The first kappa shape index (κ1) is 23.1. The number of aromatic hydroxyl groups is 1. The summed E-state index contributed by atoms with van der Waals surface area (Å²) in [6.07, 6.45) is 7.75. The molecule has 1 heterocycles. The van der Waals surface area contributed by atoms with E-state index in [1.54, 1.807) is 12.1 Å². The van der Waals surface area contributed by atoms with E-state index >= 15 is 0 Å². The highest BCUT2D eigenvalue weighted by Crippen LogP contribution is 2.34. The maximum Gasteiger partial charge on any atom is 0.302 e. The number of unbranched alkanes of at least 4 members (excludes halogenated alkanes) is 1. The third-order valence-electron chi connectivity index (χ3n) is 3.46. The molecule has 0 aromatic heterocycles. The normalized spacial score (nSPS) is 15.8. The highest BCUT2D eigenvalue weighted by molar-refractivity contribution is 5.65. The Hall–Kier alpha value is -1.88. The second-order valence-corrected chi connectivity index (χ2v) is 5.67. The predicted octanol–water partition coefficient (Wildman–Crippen LogP) is 5.04. The average molecular weight is 354 g/mol. The van der Waals surface area contributed by atoms with Crippen molar-refractivity contribution in [3.8, 4) is 5.75 Å². The lowest BCUT2D eigenvalue weighted by atomic mass is 10.0. The zero-order valence-corrected chi connectivity index (χ0v) is 15.8. The summed E-state index contributed by atoms with van der Waals surface area (Å²) in [5.74, 6) is 0.122. The van der Waals surface area contributed by atoms with Crippen molar-refractivity contribution >= 4 is 5.97 Å². The molecule has 0 saturated carbocycles. The van der Waals surface area contributed by atoms with E-state index in [1.165, 1.54) is 14.0 Å². The summed E-state index contributed by atoms with van der Waals surface area (Å²) in [5, 5.41) is 9.67. The number of halogens is 1. The molecule has 142 valence electrons. The second kappa shape index (κ2) is 14.5. The third-order valence-corrected chi connectivity index (χ3v) is 3.46. The molecule has 1 fully saturated rings. The molecule has 1 N–H and O–H groups in total. The van der Waals surface area contributed by atoms with Gasteiger partial charge < -0.3 is 14.6 Å². The molecule has 5 heteroatoms. The summed E-state index contributed by atoms with van der Waals surface area (Å²) in [4.78, 5) is 9.59. The van der Waals surface area contributed by atoms with E-state index in [4.69, 9.17) is 4.74 Å². The number of alkyl halides is 1. The standard InChI is InChI=1S/C11H14O2.C6H11F.C3H6O2/c1-8-4-5-9(10(12)7-8)11-3-2-6-13-11;1-2-3-4-5-6-7;1-3(4)5-2/h4-5,7,11-12H,2-3,6H2,1H3;4-5H,2-3,6H2,1H3;1-2H3/b;5-4+;. The summed E-state index contributed by atoms with van der Waals surface area (Å²) < 4.78 is 20.8. The lowest BCUT2D eigenvalue weighted by Gasteiger charge is -2.11. The Kier molecular flexibility index (Phi) is 13.4. The first-order chi connectivity index (χ1) is 12.0. The van der Waals surface area contributed by atoms with E-state index in [1.807, 2.05) is 25.1 Å². The molecule has 1 atom stereocenters. The van der Waals surface area contributed by atoms with Crippen molar-refractivity contribution in [2.45, 2.75) is 52.6 Å². The van der Waals surface area contributed by atoms with Crippen molar-refractivity contribution in [3.05, 3.63) is 41.5 Å². The van der Waals surface area contributed by atoms with Crippen LogP contribution in [-0.4, -0.2) is 31.5 Å². The number of carbonyl (C=O) groups excluding carboxylic acids is 1. The number of allylic oxidation sites excluding steroid dienone is 2. The molecule has 1 saturated heterocycles. The van der Waals surface area contributed by atoms with Crippen LogP contribution in [0.4, 0.5) is 4.39 Å². The van der Waals surface area contributed by atoms with Gasteiger partial charge in [0, 0.05) is 19.1 Å². The van der Waals surface area contributed by atoms with E-state index in [-0.39, 0.29) is 18.7 Å². The van der Waals surface area contributed by atoms with E-state index < -0.39 is 0 Å². The zero-order chi connectivity index (χ0) is 19.1. The summed E-state index contributed by atoms with van der Waals surface area (Å²) in [7, 11) is 1.35. The first-order valence-electron chi connectivity index (χ1n) is 8.62. The smallest absolute Gasteiger partial charge is 0.302 e. The van der Waals surface area contributed by atoms with Gasteiger partial charge in [0.05, 0.1) is 13.2 Å². The fraction of sp³-hybridized carbons (Fsp3) is 0.550. The fourth-order valence-corrected chi connectivity index (χ4v) is 2.10. The van der Waals surface area contributed by atoms with Crippen molar-refractivity contribution < 1.29 is 23.8 Å². The van der Waals surface area contributed by atoms with Gasteiger partial charge in [0.1, 0.15) is 12.4 Å². The van der Waals surface area contributed by atoms with Gasteiger partial charge in [-0.2, -0.15) is 0 Å². The zero-order valence-electron chi connectivity index (χ0n) is 15.8. The van der Waals surface area contributed by atoms with Gasteiger partial charge in [-0.15, -0.1) is 0 Å². The molecular formula is C20H31FO4. The highest BCUT2D eigenvalue weighted by Gasteiger charge is 2.20. The van der Waals surface area contributed by atoms with Crippen molar-refractivity contribution in [2.75, 3.05) is 20.4 Å². The Balaban J connectivity index is 0.000000408. The number of esters is 1. The summed E-state index contributed by atoms with van der Waals surface area (Å²) >= 11 is 0. The molecule has 0 spiro atoms. The van der Waals surface area contributed by atoms with E-state index in [0.717, 1.165) is 43.4 Å². The molecule has 1 aromatic rings. The van der Waals surface area contributed by atoms with Crippen LogP contribution in [0.15, 0.2) is 30.4 Å². The van der Waals surface area contributed by atoms with Gasteiger partial charge in [-0.3, -0.25) is 4.79 Å². The molecule has 1 unspecified atom stereocenters. The van der Waals surface area contributed by atoms with E-state index in [9.17, 15) is 14.3 Å². The summed E-state index contributed by atoms with van der Waals surface area (Å²) in [5.41, 5.74) is 2.02. The predicted molar refractivity (Wildman–Crippen MR) is 98.5 cm³/mol. The monoisotopic (exact) mass is 354 g/mol. The van der Waals surface area contributed by atoms with Crippen LogP contribution in [-0.2, 0) is 14.3 Å². The topological polar surface area (TPSA) is 55.8 Å². The second-order valence-electron chi connectivity index (χ2n) is 5.67. The summed E-state index contributed by atoms with van der Waals surface area (Å²) in [6.45, 7) is 5.90. The molecular weight excluding hydrogens is 323 g/mol. The van der Waals surface area contributed by atoms with E-state index in [0.29, 0.717) is 5.75 Å². The van der Waals surface area contributed by atoms with Crippen LogP contribution < -0.4 is 0 Å². The van der Waals surface area contributed by atoms with Crippen molar-refractivity contribution in [1.29, 1.82) is 0 Å². The van der Waals surface area contributed by atoms with Crippen LogP contribution in [0.25, 0.3) is 0 Å². The molecule has 2 rings (SSSR count). The molecule has 1 aromatic carbocycles. The van der Waals surface area contributed by atoms with Crippen LogP contribution in [0.1, 0.15) is 56.8 Å².